The summed E-state index contributed by atoms with van der Waals surface area (Å²) < 4.78 is 0. The molecule has 0 aliphatic rings. The first-order chi connectivity index (χ1) is 5.18. The summed E-state index contributed by atoms with van der Waals surface area (Å²) in [6.07, 6.45) is 5.72. The Morgan fingerprint density at radius 2 is 1.27 bits per heavy atom. The molecule has 0 saturated carbocycles. The summed E-state index contributed by atoms with van der Waals surface area (Å²) in [4.78, 5) is 0. The van der Waals surface area contributed by atoms with Crippen LogP contribution in [0.1, 0.15) is 34.6 Å². The molecule has 0 nitrogen and oxygen atoms in total. The van der Waals surface area contributed by atoms with Crippen LogP contribution in [0, 0.1) is 0 Å². The van der Waals surface area contributed by atoms with Gasteiger partial charge in [0.15, 0.2) is 0 Å². The molecule has 0 aromatic rings. The zero-order valence-corrected chi connectivity index (χ0v) is 8.65. The first-order valence-electron chi connectivity index (χ1n) is 4.04. The first kappa shape index (κ1) is 16.7. The van der Waals surface area contributed by atoms with Crippen LogP contribution in [0.5, 0.6) is 0 Å². The van der Waals surface area contributed by atoms with Gasteiger partial charge in [0, 0.05) is 0 Å². The van der Waals surface area contributed by atoms with E-state index in [1.165, 1.54) is 0 Å². The molecule has 0 heterocycles. The van der Waals surface area contributed by atoms with Crippen LogP contribution in [0.3, 0.4) is 0 Å². The minimum Gasteiger partial charge on any atom is -0.0988 e. The molecule has 0 unspecified atom stereocenters. The highest BCUT2D eigenvalue weighted by atomic mass is 13.7. The summed E-state index contributed by atoms with van der Waals surface area (Å²) in [5.41, 5.74) is 1.02. The second-order valence-corrected chi connectivity index (χ2v) is 1.72. The maximum atomic E-state index is 3.56. The van der Waals surface area contributed by atoms with Crippen molar-refractivity contribution < 1.29 is 0 Å². The van der Waals surface area contributed by atoms with Gasteiger partial charge >= 0.3 is 0 Å². The van der Waals surface area contributed by atoms with Crippen molar-refractivity contribution in [3.05, 3.63) is 37.0 Å². The number of allylic oxidation sites excluding steroid dienone is 4. The van der Waals surface area contributed by atoms with E-state index in [1.807, 2.05) is 46.8 Å². The molecule has 0 aliphatic carbocycles. The summed E-state index contributed by atoms with van der Waals surface area (Å²) in [6, 6.07) is 0. The molecule has 0 radical (unpaired) electrons. The number of hydrogen-bond donors (Lipinski definition) is 0. The summed E-state index contributed by atoms with van der Waals surface area (Å²) in [5, 5.41) is 0. The van der Waals surface area contributed by atoms with Gasteiger partial charge in [-0.05, 0) is 20.8 Å². The molecule has 0 N–H and O–H groups in total. The maximum Gasteiger partial charge on any atom is -0.0404 e. The van der Waals surface area contributed by atoms with Crippen LogP contribution in [0.4, 0.5) is 0 Å². The van der Waals surface area contributed by atoms with E-state index in [0.29, 0.717) is 0 Å². The summed E-state index contributed by atoms with van der Waals surface area (Å²) >= 11 is 0. The Morgan fingerprint density at radius 3 is 1.27 bits per heavy atom. The molecular formula is C11H22. The van der Waals surface area contributed by atoms with E-state index in [-0.39, 0.29) is 0 Å². The zero-order valence-electron chi connectivity index (χ0n) is 8.65. The lowest BCUT2D eigenvalue weighted by molar-refractivity contribution is 1.50. The Hall–Kier alpha value is -0.780. The highest BCUT2D eigenvalue weighted by Crippen LogP contribution is 1.81. The van der Waals surface area contributed by atoms with Gasteiger partial charge in [0.05, 0.1) is 0 Å². The Balaban J connectivity index is -0.0000000965. The van der Waals surface area contributed by atoms with Crippen molar-refractivity contribution in [2.24, 2.45) is 0 Å². The third-order valence-electron chi connectivity index (χ3n) is 0.682. The summed E-state index contributed by atoms with van der Waals surface area (Å²) in [7, 11) is 0. The Morgan fingerprint density at radius 1 is 1.09 bits per heavy atom. The van der Waals surface area contributed by atoms with E-state index in [9.17, 15) is 0 Å². The molecule has 0 spiro atoms. The Bertz CT molecular complexity index is 92.6. The predicted molar refractivity (Wildman–Crippen MR) is 56.8 cm³/mol. The van der Waals surface area contributed by atoms with Crippen molar-refractivity contribution in [2.75, 3.05) is 0 Å². The fourth-order valence-electron chi connectivity index (χ4n) is 0. The second kappa shape index (κ2) is 22.9. The van der Waals surface area contributed by atoms with Crippen molar-refractivity contribution in [1.82, 2.24) is 0 Å². The monoisotopic (exact) mass is 154 g/mol. The van der Waals surface area contributed by atoms with Gasteiger partial charge in [-0.25, -0.2) is 0 Å². The average molecular weight is 154 g/mol. The summed E-state index contributed by atoms with van der Waals surface area (Å²) in [6.45, 7) is 16.9. The normalized spacial score (nSPS) is 7.00. The van der Waals surface area contributed by atoms with Crippen LogP contribution in [-0.4, -0.2) is 0 Å². The van der Waals surface area contributed by atoms with Crippen LogP contribution in [-0.2, 0) is 0 Å². The zero-order chi connectivity index (χ0) is 9.70. The van der Waals surface area contributed by atoms with Gasteiger partial charge < -0.3 is 0 Å². The predicted octanol–water partition coefficient (Wildman–Crippen LogP) is 4.36. The number of rotatable bonds is 1. The van der Waals surface area contributed by atoms with E-state index in [1.54, 1.807) is 6.08 Å². The third-order valence-corrected chi connectivity index (χ3v) is 0.682. The Labute approximate surface area is 72.3 Å². The fraction of sp³-hybridized carbons (Fsp3) is 0.455. The molecule has 11 heavy (non-hydrogen) atoms. The van der Waals surface area contributed by atoms with E-state index in [2.05, 4.69) is 13.2 Å². The van der Waals surface area contributed by atoms with Gasteiger partial charge in [0.25, 0.3) is 0 Å². The van der Waals surface area contributed by atoms with Crippen LogP contribution in [0.2, 0.25) is 0 Å². The van der Waals surface area contributed by atoms with Gasteiger partial charge in [-0.3, -0.25) is 0 Å². The quantitative estimate of drug-likeness (QED) is 0.389. The fourth-order valence-corrected chi connectivity index (χ4v) is 0. The van der Waals surface area contributed by atoms with Crippen molar-refractivity contribution in [2.45, 2.75) is 34.6 Å². The second-order valence-electron chi connectivity index (χ2n) is 1.72. The molecule has 66 valence electrons. The third kappa shape index (κ3) is 97.5. The van der Waals surface area contributed by atoms with E-state index < -0.39 is 0 Å². The minimum atomic E-state index is 1.02. The smallest absolute Gasteiger partial charge is 0.0404 e. The standard InChI is InChI=1S/C5H8.C4H8.C2H6/c1-4-5(2)3;1-3-4-2;1-2/h4H,1-2H2,3H3;3-4H,1-2H3;1-2H3/b;4-3-;. The molecule has 0 atom stereocenters. The largest absolute Gasteiger partial charge is 0.0988 e. The molecule has 0 saturated heterocycles. The topological polar surface area (TPSA) is 0 Å². The SMILES string of the molecule is C/C=C\C.C=CC(=C)C.CC. The lowest BCUT2D eigenvalue weighted by atomic mass is 10.4. The first-order valence-corrected chi connectivity index (χ1v) is 4.04. The molecule has 0 aromatic carbocycles. The molecule has 0 bridgehead atoms. The van der Waals surface area contributed by atoms with Crippen molar-refractivity contribution >= 4 is 0 Å². The summed E-state index contributed by atoms with van der Waals surface area (Å²) in [5.74, 6) is 0. The average Bonchev–Trinajstić information content (AvgIpc) is 2.08. The van der Waals surface area contributed by atoms with Crippen LogP contribution < -0.4 is 0 Å². The van der Waals surface area contributed by atoms with Gasteiger partial charge in [-0.2, -0.15) is 0 Å². The highest BCUT2D eigenvalue weighted by Gasteiger charge is 1.59. The molecule has 0 fully saturated rings. The lowest BCUT2D eigenvalue weighted by Crippen LogP contribution is -1.50. The highest BCUT2D eigenvalue weighted by molar-refractivity contribution is 5.05. The van der Waals surface area contributed by atoms with Crippen LogP contribution in [0.15, 0.2) is 37.0 Å². The molecule has 0 heteroatoms. The molecular weight excluding hydrogens is 132 g/mol. The van der Waals surface area contributed by atoms with Gasteiger partial charge in [0.2, 0.25) is 0 Å². The number of hydrogen-bond acceptors (Lipinski definition) is 0. The van der Waals surface area contributed by atoms with Crippen LogP contribution >= 0.6 is 0 Å². The van der Waals surface area contributed by atoms with E-state index >= 15 is 0 Å². The van der Waals surface area contributed by atoms with Crippen molar-refractivity contribution in [1.29, 1.82) is 0 Å². The van der Waals surface area contributed by atoms with E-state index in [0.717, 1.165) is 5.57 Å². The molecule has 0 rings (SSSR count). The molecule has 0 amide bonds. The molecule has 0 aliphatic heterocycles. The van der Waals surface area contributed by atoms with Gasteiger partial charge in [0.1, 0.15) is 0 Å². The van der Waals surface area contributed by atoms with E-state index in [4.69, 9.17) is 0 Å². The maximum absolute atomic E-state index is 3.56. The molecule has 0 aromatic heterocycles. The minimum absolute atomic E-state index is 1.02. The van der Waals surface area contributed by atoms with Crippen LogP contribution in [0.25, 0.3) is 0 Å². The van der Waals surface area contributed by atoms with Crippen molar-refractivity contribution in [3.63, 3.8) is 0 Å². The lowest BCUT2D eigenvalue weighted by Gasteiger charge is -1.71. The van der Waals surface area contributed by atoms with Gasteiger partial charge in [-0.15, -0.1) is 0 Å². The van der Waals surface area contributed by atoms with Gasteiger partial charge in [-0.1, -0.05) is 50.8 Å². The Kier molecular flexibility index (Phi) is 34.6. The van der Waals surface area contributed by atoms with Crippen molar-refractivity contribution in [3.8, 4) is 0 Å².